The molecule has 1 aromatic carbocycles. The maximum Gasteiger partial charge on any atom is 0.409 e. The molecule has 16 heteroatoms. The van der Waals surface area contributed by atoms with Crippen molar-refractivity contribution in [2.75, 3.05) is 38.1 Å². The lowest BCUT2D eigenvalue weighted by Crippen LogP contribution is -2.60. The van der Waals surface area contributed by atoms with Crippen LogP contribution >= 0.6 is 33.2 Å². The molecule has 0 aliphatic carbocycles. The fraction of sp³-hybridized carbons (Fsp3) is 0.625. The number of anilines is 1. The topological polar surface area (TPSA) is 158 Å². The molecular weight excluding hydrogens is 780 g/mol. The van der Waals surface area contributed by atoms with E-state index in [1.165, 1.54) is 28.7 Å². The Morgan fingerprint density at radius 3 is 2.48 bits per heavy atom. The maximum absolute atomic E-state index is 14.2. The molecule has 0 radical (unpaired) electrons. The van der Waals surface area contributed by atoms with Gasteiger partial charge in [-0.2, -0.15) is 0 Å². The van der Waals surface area contributed by atoms with Crippen molar-refractivity contribution < 1.29 is 43.3 Å². The van der Waals surface area contributed by atoms with E-state index in [-0.39, 0.29) is 25.2 Å². The number of nitrogens with zero attached hydrogens (tertiary/aromatic N) is 3. The molecule has 2 saturated heterocycles. The van der Waals surface area contributed by atoms with Crippen molar-refractivity contribution in [1.29, 1.82) is 0 Å². The molecule has 13 nitrogen and oxygen atoms in total. The average molecular weight is 838 g/mol. The average Bonchev–Trinajstić information content (AvgIpc) is 3.84. The summed E-state index contributed by atoms with van der Waals surface area (Å²) in [6.45, 7) is 12.3. The van der Waals surface area contributed by atoms with Gasteiger partial charge in [0.1, 0.15) is 35.6 Å². The number of aliphatic hydroxyl groups is 1. The summed E-state index contributed by atoms with van der Waals surface area (Å²) in [4.78, 5) is 71.3. The van der Waals surface area contributed by atoms with Crippen molar-refractivity contribution >= 4 is 68.7 Å². The summed E-state index contributed by atoms with van der Waals surface area (Å²) in [5, 5.41) is 14.7. The second-order valence-electron chi connectivity index (χ2n) is 15.5. The number of halogens is 1. The minimum absolute atomic E-state index is 0.0509. The number of allylic oxidation sites excluding steroid dienone is 3. The number of benzene rings is 1. The van der Waals surface area contributed by atoms with Crippen molar-refractivity contribution in [3.8, 4) is 0 Å². The van der Waals surface area contributed by atoms with Gasteiger partial charge in [0.25, 0.3) is 0 Å². The second kappa shape index (κ2) is 18.6. The first kappa shape index (κ1) is 45.5. The fourth-order valence-corrected chi connectivity index (χ4v) is 8.61. The monoisotopic (exact) mass is 836 g/mol. The van der Waals surface area contributed by atoms with Crippen LogP contribution in [0.1, 0.15) is 71.9 Å². The lowest BCUT2D eigenvalue weighted by molar-refractivity contribution is -0.163. The summed E-state index contributed by atoms with van der Waals surface area (Å²) in [5.41, 5.74) is 0.367. The van der Waals surface area contributed by atoms with Crippen LogP contribution in [0.3, 0.4) is 0 Å². The highest BCUT2D eigenvalue weighted by atomic mass is 35.5. The van der Waals surface area contributed by atoms with Crippen molar-refractivity contribution in [3.63, 3.8) is 0 Å². The van der Waals surface area contributed by atoms with Gasteiger partial charge in [-0.25, -0.2) is 9.59 Å². The highest BCUT2D eigenvalue weighted by Gasteiger charge is 2.64. The molecule has 4 bridgehead atoms. The summed E-state index contributed by atoms with van der Waals surface area (Å²) in [5.74, 6) is -2.22. The minimum atomic E-state index is -1.62. The van der Waals surface area contributed by atoms with Gasteiger partial charge in [-0.05, 0) is 64.5 Å². The Labute approximate surface area is 343 Å². The summed E-state index contributed by atoms with van der Waals surface area (Å²) >= 11 is 6.79. The van der Waals surface area contributed by atoms with Crippen molar-refractivity contribution in [2.24, 2.45) is 11.8 Å². The van der Waals surface area contributed by atoms with E-state index in [1.807, 2.05) is 64.3 Å². The number of esters is 1. The number of hydrogen-bond acceptors (Lipinski definition) is 11. The van der Waals surface area contributed by atoms with Crippen molar-refractivity contribution in [2.45, 2.75) is 116 Å². The van der Waals surface area contributed by atoms with Crippen LogP contribution in [0.2, 0.25) is 5.02 Å². The van der Waals surface area contributed by atoms with Gasteiger partial charge < -0.3 is 34.0 Å². The van der Waals surface area contributed by atoms with Gasteiger partial charge in [0.2, 0.25) is 17.7 Å². The second-order valence-corrected chi connectivity index (χ2v) is 18.6. The normalized spacial score (nSPS) is 30.7. The Hall–Kier alpha value is -3.24. The predicted octanol–water partition coefficient (Wildman–Crippen LogP) is 5.68. The third-order valence-corrected chi connectivity index (χ3v) is 13.8. The molecule has 310 valence electrons. The first-order chi connectivity index (χ1) is 26.1. The highest BCUT2D eigenvalue weighted by molar-refractivity contribution is 8.76. The SMILES string of the molecule is CSSCCC(=O)N(C)C(C)C(=O)N(C)[C@@H](C)C(=O)OC1CC(=O)N(C)c2cc(cc(C)c2Cl)C/C(C)=C/C=C/C(C)C2(O)CC(OC(=O)N2)C(C)C2OC12C. The Morgan fingerprint density at radius 2 is 1.82 bits per heavy atom. The first-order valence-corrected chi connectivity index (χ1v) is 21.9. The van der Waals surface area contributed by atoms with E-state index >= 15 is 0 Å². The molecule has 4 amide bonds. The number of aryl methyl sites for hydroxylation is 1. The molecular formula is C40H57ClN4O9S2. The van der Waals surface area contributed by atoms with Gasteiger partial charge in [-0.15, -0.1) is 0 Å². The van der Waals surface area contributed by atoms with Crippen molar-refractivity contribution in [1.82, 2.24) is 15.1 Å². The van der Waals surface area contributed by atoms with Crippen LogP contribution in [0.25, 0.3) is 0 Å². The van der Waals surface area contributed by atoms with E-state index in [1.54, 1.807) is 49.5 Å². The molecule has 1 aromatic rings. The summed E-state index contributed by atoms with van der Waals surface area (Å²) in [6.07, 6.45) is 4.76. The van der Waals surface area contributed by atoms with Gasteiger partial charge >= 0.3 is 12.1 Å². The number of hydrogen-bond donors (Lipinski definition) is 2. The van der Waals surface area contributed by atoms with E-state index in [0.717, 1.165) is 16.7 Å². The van der Waals surface area contributed by atoms with E-state index in [4.69, 9.17) is 25.8 Å². The number of rotatable bonds is 9. The molecule has 0 saturated carbocycles. The standard InChI is InChI=1S/C40H57ClN4O9S2/c1-22-13-12-14-24(3)40(51)21-30(52-38(50)42-40)25(4)35-39(7,54-35)31(20-33(47)45(10)29-19-28(17-22)18-23(2)34(29)41)53-37(49)27(6)44(9)36(48)26(5)43(8)32(46)15-16-56-55-11/h12-14,18-19,24-27,30-31,35,51H,15-17,20-21H2,1-11H3,(H,42,50)/b14-12+,22-13+/t24?,25?,26?,27-,30?,31?,35?,39?,40?/m0/s1. The zero-order chi connectivity index (χ0) is 41.9. The Balaban J connectivity index is 1.67. The minimum Gasteiger partial charge on any atom is -0.457 e. The summed E-state index contributed by atoms with van der Waals surface area (Å²) in [7, 11) is 7.75. The quantitative estimate of drug-likeness (QED) is 0.136. The number of nitrogens with one attached hydrogen (secondary N) is 1. The third-order valence-electron chi connectivity index (χ3n) is 11.5. The molecule has 3 aliphatic rings. The van der Waals surface area contributed by atoms with Gasteiger partial charge in [-0.3, -0.25) is 19.7 Å². The van der Waals surface area contributed by atoms with E-state index in [9.17, 15) is 29.1 Å². The van der Waals surface area contributed by atoms with Gasteiger partial charge in [0.05, 0.1) is 23.2 Å². The van der Waals surface area contributed by atoms with Crippen molar-refractivity contribution in [3.05, 3.63) is 52.1 Å². The molecule has 3 heterocycles. The molecule has 9 atom stereocenters. The van der Waals surface area contributed by atoms with Crippen LogP contribution in [0, 0.1) is 18.8 Å². The molecule has 2 fully saturated rings. The number of alkyl carbamates (subject to hydrolysis) is 1. The lowest BCUT2D eigenvalue weighted by Gasteiger charge is -2.41. The molecule has 2 N–H and O–H groups in total. The first-order valence-electron chi connectivity index (χ1n) is 18.8. The number of ether oxygens (including phenoxy) is 3. The smallest absolute Gasteiger partial charge is 0.409 e. The molecule has 4 rings (SSSR count). The predicted molar refractivity (Wildman–Crippen MR) is 220 cm³/mol. The Bertz CT molecular complexity index is 1740. The maximum atomic E-state index is 14.2. The van der Waals surface area contributed by atoms with Gasteiger partial charge in [0.15, 0.2) is 0 Å². The van der Waals surface area contributed by atoms with E-state index in [2.05, 4.69) is 5.32 Å². The number of carbonyl (C=O) groups is 5. The third kappa shape index (κ3) is 10.2. The molecule has 0 aromatic heterocycles. The number of fused-ring (bicyclic) bond motifs is 5. The lowest BCUT2D eigenvalue weighted by atomic mass is 9.82. The summed E-state index contributed by atoms with van der Waals surface area (Å²) in [6, 6.07) is 1.88. The van der Waals surface area contributed by atoms with Gasteiger partial charge in [-0.1, -0.05) is 76.9 Å². The van der Waals surface area contributed by atoms with Crippen LogP contribution < -0.4 is 10.2 Å². The van der Waals surface area contributed by atoms with Gasteiger partial charge in [0, 0.05) is 51.6 Å². The largest absolute Gasteiger partial charge is 0.457 e. The highest BCUT2D eigenvalue weighted by Crippen LogP contribution is 2.49. The molecule has 0 spiro atoms. The zero-order valence-corrected chi connectivity index (χ0v) is 36.6. The van der Waals surface area contributed by atoms with Crippen LogP contribution in [-0.2, 0) is 39.8 Å². The van der Waals surface area contributed by atoms with E-state index < -0.39 is 77.4 Å². The number of carbonyl (C=O) groups excluding carboxylic acids is 5. The number of epoxide rings is 1. The molecule has 3 aliphatic heterocycles. The molecule has 8 unspecified atom stereocenters. The van der Waals surface area contributed by atoms with Crippen LogP contribution in [0.4, 0.5) is 10.5 Å². The summed E-state index contributed by atoms with van der Waals surface area (Å²) < 4.78 is 18.1. The Kier molecular flexibility index (Phi) is 15.1. The Morgan fingerprint density at radius 1 is 1.14 bits per heavy atom. The van der Waals surface area contributed by atoms with E-state index in [0.29, 0.717) is 22.9 Å². The zero-order valence-electron chi connectivity index (χ0n) is 34.2. The van der Waals surface area contributed by atoms with Crippen LogP contribution in [0.15, 0.2) is 35.9 Å². The number of amides is 4. The molecule has 56 heavy (non-hydrogen) atoms. The number of likely N-dealkylation sites (N-methyl/N-ethyl adjacent to an activating group) is 2. The van der Waals surface area contributed by atoms with Crippen LogP contribution in [-0.4, -0.2) is 120 Å². The fourth-order valence-electron chi connectivity index (χ4n) is 7.20. The van der Waals surface area contributed by atoms with Crippen LogP contribution in [0.5, 0.6) is 0 Å².